The second-order valence-corrected chi connectivity index (χ2v) is 9.44. The monoisotopic (exact) mass is 346 g/mol. The van der Waals surface area contributed by atoms with Crippen molar-refractivity contribution >= 4 is 29.4 Å². The zero-order valence-electron chi connectivity index (χ0n) is 13.5. The third-order valence-corrected chi connectivity index (χ3v) is 7.34. The predicted octanol–water partition coefficient (Wildman–Crippen LogP) is 3.56. The van der Waals surface area contributed by atoms with Gasteiger partial charge in [0.05, 0.1) is 19.0 Å². The zero-order chi connectivity index (χ0) is 16.6. The van der Waals surface area contributed by atoms with Crippen LogP contribution in [0.1, 0.15) is 12.0 Å². The summed E-state index contributed by atoms with van der Waals surface area (Å²) >= 11 is 0. The molecule has 0 aliphatic carbocycles. The van der Waals surface area contributed by atoms with Gasteiger partial charge in [-0.1, -0.05) is 89.6 Å². The molecule has 0 saturated carbocycles. The summed E-state index contributed by atoms with van der Waals surface area (Å²) in [4.78, 5) is 0. The molecule has 0 heterocycles. The largest absolute Gasteiger partial charge is 0.207 e. The molecule has 0 spiro atoms. The normalized spacial score (nSPS) is 10.9. The van der Waals surface area contributed by atoms with Crippen molar-refractivity contribution in [2.45, 2.75) is 18.0 Å². The molecular weight excluding hydrogens is 327 g/mol. The maximum Gasteiger partial charge on any atom is 0.123 e. The van der Waals surface area contributed by atoms with Gasteiger partial charge in [-0.25, -0.2) is 4.39 Å². The van der Waals surface area contributed by atoms with Crippen LogP contribution in [0.5, 0.6) is 0 Å². The quantitative estimate of drug-likeness (QED) is 0.574. The molecule has 118 valence electrons. The van der Waals surface area contributed by atoms with Crippen LogP contribution >= 0.6 is 0 Å². The van der Waals surface area contributed by atoms with Crippen LogP contribution in [0.15, 0.2) is 84.9 Å². The summed E-state index contributed by atoms with van der Waals surface area (Å²) in [6.45, 7) is 0. The van der Waals surface area contributed by atoms with Crippen molar-refractivity contribution in [1.82, 2.24) is 0 Å². The molecule has 0 aliphatic rings. The van der Waals surface area contributed by atoms with E-state index in [0.29, 0.717) is 5.16 Å². The Morgan fingerprint density at radius 3 is 1.67 bits per heavy atom. The van der Waals surface area contributed by atoms with Crippen molar-refractivity contribution in [2.24, 2.45) is 0 Å². The number of halogens is 1. The predicted molar refractivity (Wildman–Crippen MR) is 102 cm³/mol. The minimum absolute atomic E-state index is 0.160. The van der Waals surface area contributed by atoms with Crippen LogP contribution in [0, 0.1) is 5.82 Å². The maximum absolute atomic E-state index is 13.1. The van der Waals surface area contributed by atoms with Crippen molar-refractivity contribution in [2.75, 3.05) is 0 Å². The van der Waals surface area contributed by atoms with Gasteiger partial charge in [0.25, 0.3) is 0 Å². The van der Waals surface area contributed by atoms with Crippen molar-refractivity contribution in [3.63, 3.8) is 0 Å². The fourth-order valence-corrected chi connectivity index (χ4v) is 6.05. The molecule has 0 fully saturated rings. The molecule has 0 aromatic heterocycles. The molecule has 24 heavy (non-hydrogen) atoms. The SMILES string of the molecule is Fc1ccc(CCC([Si]c2ccccc2)[Si]c2ccccc2)cc1. The van der Waals surface area contributed by atoms with E-state index in [0.717, 1.165) is 31.9 Å². The Bertz CT molecular complexity index is 685. The lowest BCUT2D eigenvalue weighted by molar-refractivity contribution is 0.626. The molecule has 0 nitrogen and oxygen atoms in total. The van der Waals surface area contributed by atoms with Gasteiger partial charge in [0.1, 0.15) is 5.82 Å². The topological polar surface area (TPSA) is 0 Å². The van der Waals surface area contributed by atoms with E-state index < -0.39 is 0 Å². The van der Waals surface area contributed by atoms with Crippen molar-refractivity contribution < 1.29 is 4.39 Å². The molecule has 0 aliphatic heterocycles. The molecule has 0 atom stereocenters. The number of benzene rings is 3. The highest BCUT2D eigenvalue weighted by molar-refractivity contribution is 6.73. The van der Waals surface area contributed by atoms with Gasteiger partial charge in [0, 0.05) is 0 Å². The maximum atomic E-state index is 13.1. The summed E-state index contributed by atoms with van der Waals surface area (Å²) < 4.78 is 13.1. The van der Waals surface area contributed by atoms with E-state index in [1.807, 2.05) is 12.1 Å². The highest BCUT2D eigenvalue weighted by atomic mass is 28.3. The molecule has 3 rings (SSSR count). The Balaban J connectivity index is 1.67. The van der Waals surface area contributed by atoms with Crippen LogP contribution < -0.4 is 10.4 Å². The summed E-state index contributed by atoms with van der Waals surface area (Å²) in [5.41, 5.74) is 1.22. The van der Waals surface area contributed by atoms with Crippen molar-refractivity contribution in [3.05, 3.63) is 96.3 Å². The van der Waals surface area contributed by atoms with Crippen LogP contribution in [-0.2, 0) is 6.42 Å². The van der Waals surface area contributed by atoms with Crippen molar-refractivity contribution in [1.29, 1.82) is 0 Å². The van der Waals surface area contributed by atoms with E-state index in [4.69, 9.17) is 0 Å². The third kappa shape index (κ3) is 5.29. The molecular formula is C21H19FSi2. The van der Waals surface area contributed by atoms with E-state index in [1.54, 1.807) is 12.1 Å². The van der Waals surface area contributed by atoms with Gasteiger partial charge >= 0.3 is 0 Å². The highest BCUT2D eigenvalue weighted by Crippen LogP contribution is 2.14. The average molecular weight is 347 g/mol. The van der Waals surface area contributed by atoms with Crippen LogP contribution in [0.25, 0.3) is 0 Å². The summed E-state index contributed by atoms with van der Waals surface area (Å²) in [5.74, 6) is -0.160. The Kier molecular flexibility index (Phi) is 6.16. The standard InChI is InChI=1S/C21H19FSi2/c22-18-14-11-17(12-15-18)13-16-21(23-19-7-3-1-4-8-19)24-20-9-5-2-6-10-20/h1-12,14-15,21H,13,16H2. The summed E-state index contributed by atoms with van der Waals surface area (Å²) in [6.07, 6.45) is 2.14. The molecule has 0 amide bonds. The molecule has 3 aromatic carbocycles. The summed E-state index contributed by atoms with van der Waals surface area (Å²) in [5, 5.41) is 3.48. The second kappa shape index (κ2) is 8.76. The molecule has 0 unspecified atom stereocenters. The van der Waals surface area contributed by atoms with Crippen LogP contribution in [0.3, 0.4) is 0 Å². The van der Waals surface area contributed by atoms with Gasteiger partial charge in [0.2, 0.25) is 0 Å². The van der Waals surface area contributed by atoms with E-state index in [2.05, 4.69) is 60.7 Å². The molecule has 4 radical (unpaired) electrons. The van der Waals surface area contributed by atoms with Gasteiger partial charge < -0.3 is 0 Å². The van der Waals surface area contributed by atoms with Gasteiger partial charge in [-0.3, -0.25) is 0 Å². The lowest BCUT2D eigenvalue weighted by atomic mass is 10.1. The average Bonchev–Trinajstić information content (AvgIpc) is 2.63. The van der Waals surface area contributed by atoms with Crippen molar-refractivity contribution in [3.8, 4) is 0 Å². The fourth-order valence-electron chi connectivity index (χ4n) is 2.61. The van der Waals surface area contributed by atoms with Crippen LogP contribution in [-0.4, -0.2) is 19.0 Å². The Morgan fingerprint density at radius 2 is 1.17 bits per heavy atom. The van der Waals surface area contributed by atoms with Gasteiger partial charge in [0.15, 0.2) is 0 Å². The zero-order valence-corrected chi connectivity index (χ0v) is 15.5. The number of hydrogen-bond acceptors (Lipinski definition) is 0. The lowest BCUT2D eigenvalue weighted by Gasteiger charge is -2.16. The molecule has 3 aromatic rings. The first kappa shape index (κ1) is 16.9. The number of rotatable bonds is 7. The van der Waals surface area contributed by atoms with E-state index >= 15 is 0 Å². The van der Waals surface area contributed by atoms with Gasteiger partial charge in [-0.15, -0.1) is 0 Å². The van der Waals surface area contributed by atoms with E-state index in [9.17, 15) is 4.39 Å². The van der Waals surface area contributed by atoms with Gasteiger partial charge in [-0.05, 0) is 29.3 Å². The first-order chi connectivity index (χ1) is 11.8. The summed E-state index contributed by atoms with van der Waals surface area (Å²) in [7, 11) is 1.62. The van der Waals surface area contributed by atoms with Crippen LogP contribution in [0.2, 0.25) is 5.16 Å². The minimum Gasteiger partial charge on any atom is -0.207 e. The Hall–Kier alpha value is -1.98. The smallest absolute Gasteiger partial charge is 0.123 e. The molecule has 3 heteroatoms. The first-order valence-corrected chi connectivity index (χ1v) is 10.3. The first-order valence-electron chi connectivity index (χ1n) is 8.17. The fraction of sp³-hybridized carbons (Fsp3) is 0.143. The highest BCUT2D eigenvalue weighted by Gasteiger charge is 2.13. The number of aryl methyl sites for hydroxylation is 1. The number of hydrogen-bond donors (Lipinski definition) is 0. The Labute approximate surface area is 148 Å². The molecule has 0 N–H and O–H groups in total. The Morgan fingerprint density at radius 1 is 0.667 bits per heavy atom. The lowest BCUT2D eigenvalue weighted by Crippen LogP contribution is -2.29. The third-order valence-electron chi connectivity index (χ3n) is 3.86. The summed E-state index contributed by atoms with van der Waals surface area (Å²) in [6, 6.07) is 28.4. The minimum atomic E-state index is -0.160. The van der Waals surface area contributed by atoms with Crippen LogP contribution in [0.4, 0.5) is 4.39 Å². The second-order valence-electron chi connectivity index (χ2n) is 5.74. The van der Waals surface area contributed by atoms with E-state index in [1.165, 1.54) is 15.9 Å². The van der Waals surface area contributed by atoms with E-state index in [-0.39, 0.29) is 5.82 Å². The molecule has 0 saturated heterocycles. The van der Waals surface area contributed by atoms with Gasteiger partial charge in [-0.2, -0.15) is 0 Å². The molecule has 0 bridgehead atoms.